The number of likely N-dealkylation sites (tertiary alicyclic amines) is 1. The Hall–Kier alpha value is -0.570. The number of amides is 1. The van der Waals surface area contributed by atoms with Crippen LogP contribution >= 0.6 is 0 Å². The number of rotatable bonds is 1. The van der Waals surface area contributed by atoms with Crippen LogP contribution in [0.5, 0.6) is 0 Å². The fraction of sp³-hybridized carbons (Fsp3) is 0.923. The van der Waals surface area contributed by atoms with Gasteiger partial charge in [0.2, 0.25) is 5.91 Å². The molecule has 2 atom stereocenters. The zero-order chi connectivity index (χ0) is 11.0. The molecule has 90 valence electrons. The molecule has 2 unspecified atom stereocenters. The molecule has 1 saturated carbocycles. The Morgan fingerprint density at radius 2 is 1.56 bits per heavy atom. The highest BCUT2D eigenvalue weighted by molar-refractivity contribution is 5.79. The van der Waals surface area contributed by atoms with Crippen LogP contribution in [0.2, 0.25) is 0 Å². The summed E-state index contributed by atoms with van der Waals surface area (Å²) in [7, 11) is 0. The van der Waals surface area contributed by atoms with Crippen LogP contribution < -0.4 is 0 Å². The highest BCUT2D eigenvalue weighted by Crippen LogP contribution is 2.30. The smallest absolute Gasteiger partial charge is 0.225 e. The molecule has 2 saturated heterocycles. The Labute approximate surface area is 97.1 Å². The lowest BCUT2D eigenvalue weighted by atomic mass is 9.88. The van der Waals surface area contributed by atoms with Crippen molar-refractivity contribution >= 4 is 5.91 Å². The molecule has 3 fully saturated rings. The summed E-state index contributed by atoms with van der Waals surface area (Å²) in [6.07, 6.45) is 9.02. The van der Waals surface area contributed by atoms with E-state index in [9.17, 15) is 4.79 Å². The van der Waals surface area contributed by atoms with E-state index < -0.39 is 0 Å². The molecule has 0 aromatic heterocycles. The van der Waals surface area contributed by atoms with Crippen molar-refractivity contribution < 1.29 is 9.53 Å². The van der Waals surface area contributed by atoms with E-state index in [1.54, 1.807) is 0 Å². The van der Waals surface area contributed by atoms with Crippen LogP contribution in [0.1, 0.15) is 44.9 Å². The molecule has 3 aliphatic rings. The van der Waals surface area contributed by atoms with Crippen molar-refractivity contribution in [3.8, 4) is 0 Å². The molecular weight excluding hydrogens is 202 g/mol. The quantitative estimate of drug-likeness (QED) is 0.680. The van der Waals surface area contributed by atoms with Crippen molar-refractivity contribution in [3.63, 3.8) is 0 Å². The van der Waals surface area contributed by atoms with Gasteiger partial charge in [0.1, 0.15) is 0 Å². The fourth-order valence-corrected chi connectivity index (χ4v) is 3.40. The topological polar surface area (TPSA) is 29.5 Å². The summed E-state index contributed by atoms with van der Waals surface area (Å²) in [4.78, 5) is 14.4. The monoisotopic (exact) mass is 223 g/mol. The van der Waals surface area contributed by atoms with E-state index in [-0.39, 0.29) is 0 Å². The third kappa shape index (κ3) is 1.97. The summed E-state index contributed by atoms with van der Waals surface area (Å²) in [6, 6.07) is 0. The van der Waals surface area contributed by atoms with Gasteiger partial charge in [-0.2, -0.15) is 0 Å². The second kappa shape index (κ2) is 4.36. The molecule has 0 radical (unpaired) electrons. The zero-order valence-corrected chi connectivity index (χ0v) is 9.86. The van der Waals surface area contributed by atoms with Crippen molar-refractivity contribution in [2.24, 2.45) is 5.92 Å². The highest BCUT2D eigenvalue weighted by Gasteiger charge is 2.37. The van der Waals surface area contributed by atoms with E-state index in [2.05, 4.69) is 4.90 Å². The summed E-state index contributed by atoms with van der Waals surface area (Å²) in [5.74, 6) is 0.742. The summed E-state index contributed by atoms with van der Waals surface area (Å²) >= 11 is 0. The minimum atomic E-state index is 0.325. The second-order valence-corrected chi connectivity index (χ2v) is 5.54. The van der Waals surface area contributed by atoms with Crippen molar-refractivity contribution in [1.82, 2.24) is 4.90 Å². The largest absolute Gasteiger partial charge is 0.371 e. The van der Waals surface area contributed by atoms with Crippen LogP contribution in [-0.4, -0.2) is 36.1 Å². The predicted molar refractivity (Wildman–Crippen MR) is 61.1 cm³/mol. The molecule has 16 heavy (non-hydrogen) atoms. The normalized spacial score (nSPS) is 35.4. The van der Waals surface area contributed by atoms with E-state index in [0.29, 0.717) is 24.0 Å². The summed E-state index contributed by atoms with van der Waals surface area (Å²) in [5.41, 5.74) is 0. The Morgan fingerprint density at radius 1 is 0.938 bits per heavy atom. The van der Waals surface area contributed by atoms with Gasteiger partial charge in [0.25, 0.3) is 0 Å². The SMILES string of the molecule is O=C(C1CCCCC1)N1CC2CCC(C1)O2. The Balaban J connectivity index is 1.61. The average molecular weight is 223 g/mol. The lowest BCUT2D eigenvalue weighted by molar-refractivity contribution is -0.145. The minimum Gasteiger partial charge on any atom is -0.371 e. The summed E-state index contributed by atoms with van der Waals surface area (Å²) < 4.78 is 5.77. The molecule has 0 aromatic rings. The number of carbonyl (C=O) groups is 1. The number of nitrogens with zero attached hydrogens (tertiary/aromatic N) is 1. The van der Waals surface area contributed by atoms with Gasteiger partial charge < -0.3 is 9.64 Å². The van der Waals surface area contributed by atoms with Gasteiger partial charge >= 0.3 is 0 Å². The van der Waals surface area contributed by atoms with E-state index >= 15 is 0 Å². The number of hydrogen-bond acceptors (Lipinski definition) is 2. The van der Waals surface area contributed by atoms with Crippen molar-refractivity contribution in [2.75, 3.05) is 13.1 Å². The van der Waals surface area contributed by atoms with Crippen LogP contribution in [0.25, 0.3) is 0 Å². The highest BCUT2D eigenvalue weighted by atomic mass is 16.5. The van der Waals surface area contributed by atoms with E-state index in [0.717, 1.165) is 38.8 Å². The lowest BCUT2D eigenvalue weighted by Crippen LogP contribution is -2.48. The Kier molecular flexibility index (Phi) is 2.88. The van der Waals surface area contributed by atoms with Gasteiger partial charge in [-0.1, -0.05) is 19.3 Å². The van der Waals surface area contributed by atoms with Crippen LogP contribution in [0.3, 0.4) is 0 Å². The first kappa shape index (κ1) is 10.6. The first-order valence-corrected chi connectivity index (χ1v) is 6.77. The van der Waals surface area contributed by atoms with Crippen LogP contribution in [0, 0.1) is 5.92 Å². The third-order valence-electron chi connectivity index (χ3n) is 4.31. The number of ether oxygens (including phenoxy) is 1. The van der Waals surface area contributed by atoms with Crippen LogP contribution in [-0.2, 0) is 9.53 Å². The van der Waals surface area contributed by atoms with Crippen LogP contribution in [0.15, 0.2) is 0 Å². The average Bonchev–Trinajstić information content (AvgIpc) is 2.68. The molecule has 2 aliphatic heterocycles. The second-order valence-electron chi connectivity index (χ2n) is 5.54. The molecule has 1 aliphatic carbocycles. The fourth-order valence-electron chi connectivity index (χ4n) is 3.40. The van der Waals surface area contributed by atoms with Crippen LogP contribution in [0.4, 0.5) is 0 Å². The maximum atomic E-state index is 12.3. The van der Waals surface area contributed by atoms with Gasteiger partial charge in [0.05, 0.1) is 12.2 Å². The summed E-state index contributed by atoms with van der Waals surface area (Å²) in [6.45, 7) is 1.71. The van der Waals surface area contributed by atoms with Crippen molar-refractivity contribution in [1.29, 1.82) is 0 Å². The van der Waals surface area contributed by atoms with Gasteiger partial charge in [-0.3, -0.25) is 4.79 Å². The first-order valence-electron chi connectivity index (χ1n) is 6.77. The van der Waals surface area contributed by atoms with Gasteiger partial charge in [-0.15, -0.1) is 0 Å². The molecule has 2 heterocycles. The minimum absolute atomic E-state index is 0.325. The molecular formula is C13H21NO2. The number of morpholine rings is 1. The molecule has 3 rings (SSSR count). The van der Waals surface area contributed by atoms with E-state index in [1.807, 2.05) is 0 Å². The maximum absolute atomic E-state index is 12.3. The molecule has 0 N–H and O–H groups in total. The predicted octanol–water partition coefficient (Wildman–Crippen LogP) is 1.96. The van der Waals surface area contributed by atoms with E-state index in [1.165, 1.54) is 19.3 Å². The van der Waals surface area contributed by atoms with Crippen molar-refractivity contribution in [2.45, 2.75) is 57.2 Å². The summed E-state index contributed by atoms with van der Waals surface area (Å²) in [5, 5.41) is 0. The van der Waals surface area contributed by atoms with E-state index in [4.69, 9.17) is 4.74 Å². The Bertz CT molecular complexity index is 261. The molecule has 3 heteroatoms. The molecule has 2 bridgehead atoms. The molecule has 3 nitrogen and oxygen atoms in total. The third-order valence-corrected chi connectivity index (χ3v) is 4.31. The lowest BCUT2D eigenvalue weighted by Gasteiger charge is -2.35. The Morgan fingerprint density at radius 3 is 2.19 bits per heavy atom. The zero-order valence-electron chi connectivity index (χ0n) is 9.86. The van der Waals surface area contributed by atoms with Gasteiger partial charge in [-0.05, 0) is 25.7 Å². The number of hydrogen-bond donors (Lipinski definition) is 0. The van der Waals surface area contributed by atoms with Gasteiger partial charge in [-0.25, -0.2) is 0 Å². The standard InChI is InChI=1S/C13H21NO2/c15-13(10-4-2-1-3-5-10)14-8-11-6-7-12(9-14)16-11/h10-12H,1-9H2. The molecule has 0 aromatic carbocycles. The van der Waals surface area contributed by atoms with Crippen molar-refractivity contribution in [3.05, 3.63) is 0 Å². The van der Waals surface area contributed by atoms with Gasteiger partial charge in [0, 0.05) is 19.0 Å². The first-order chi connectivity index (χ1) is 7.83. The van der Waals surface area contributed by atoms with Gasteiger partial charge in [0.15, 0.2) is 0 Å². The maximum Gasteiger partial charge on any atom is 0.225 e. The number of fused-ring (bicyclic) bond motifs is 2. The number of carbonyl (C=O) groups excluding carboxylic acids is 1. The molecule has 1 amide bonds. The molecule has 0 spiro atoms.